The number of halogens is 3. The summed E-state index contributed by atoms with van der Waals surface area (Å²) in [6.45, 7) is 0. The minimum absolute atomic E-state index is 0.0328. The normalized spacial score (nSPS) is 11.4. The lowest BCUT2D eigenvalue weighted by Crippen LogP contribution is -2.22. The number of amides is 1. The second-order valence-corrected chi connectivity index (χ2v) is 5.18. The van der Waals surface area contributed by atoms with Gasteiger partial charge in [0.2, 0.25) is 5.71 Å². The number of nitriles is 1. The van der Waals surface area contributed by atoms with Crippen LogP contribution in [0.15, 0.2) is 53.6 Å². The highest BCUT2D eigenvalue weighted by Gasteiger charge is 2.30. The standard InChI is InChI=1S/C17H13F3N6O/c18-17(19,20)10-4-3-5-11(8-10)24-16(27)12-6-1-2-7-13(12)25-26-14(9-21)15(22)23/h1-8,25H,(H3,22,23)(H,24,27)/b26-14+. The van der Waals surface area contributed by atoms with Crippen LogP contribution in [0.3, 0.4) is 0 Å². The fourth-order valence-corrected chi connectivity index (χ4v) is 2.01. The summed E-state index contributed by atoms with van der Waals surface area (Å²) in [5.41, 5.74) is 6.57. The van der Waals surface area contributed by atoms with Gasteiger partial charge in [0.15, 0.2) is 5.84 Å². The quantitative estimate of drug-likeness (QED) is 0.364. The fraction of sp³-hybridized carbons (Fsp3) is 0.0588. The molecular formula is C17H13F3N6O. The van der Waals surface area contributed by atoms with Gasteiger partial charge >= 0.3 is 6.18 Å². The number of nitrogens with one attached hydrogen (secondary N) is 3. The Bertz CT molecular complexity index is 946. The van der Waals surface area contributed by atoms with Crippen LogP contribution in [-0.2, 0) is 6.18 Å². The molecule has 0 aliphatic carbocycles. The maximum Gasteiger partial charge on any atom is 0.416 e. The maximum atomic E-state index is 12.8. The number of carbonyl (C=O) groups is 1. The van der Waals surface area contributed by atoms with Crippen LogP contribution >= 0.6 is 0 Å². The second-order valence-electron chi connectivity index (χ2n) is 5.18. The van der Waals surface area contributed by atoms with Crippen molar-refractivity contribution >= 4 is 28.8 Å². The lowest BCUT2D eigenvalue weighted by molar-refractivity contribution is -0.137. The lowest BCUT2D eigenvalue weighted by Gasteiger charge is -2.12. The van der Waals surface area contributed by atoms with Crippen molar-refractivity contribution in [3.8, 4) is 6.07 Å². The van der Waals surface area contributed by atoms with Gasteiger partial charge in [0.05, 0.1) is 16.8 Å². The number of rotatable bonds is 5. The molecular weight excluding hydrogens is 361 g/mol. The first-order valence-corrected chi connectivity index (χ1v) is 7.38. The molecule has 0 aliphatic rings. The average Bonchev–Trinajstić information content (AvgIpc) is 2.61. The second kappa shape index (κ2) is 8.01. The Labute approximate surface area is 151 Å². The van der Waals surface area contributed by atoms with E-state index in [2.05, 4.69) is 15.8 Å². The largest absolute Gasteiger partial charge is 0.416 e. The van der Waals surface area contributed by atoms with Crippen molar-refractivity contribution in [3.05, 3.63) is 59.7 Å². The van der Waals surface area contributed by atoms with Crippen molar-refractivity contribution < 1.29 is 18.0 Å². The number of amidine groups is 1. The summed E-state index contributed by atoms with van der Waals surface area (Å²) in [6, 6.07) is 11.8. The molecule has 1 amide bonds. The van der Waals surface area contributed by atoms with Gasteiger partial charge in [-0.25, -0.2) is 0 Å². The number of para-hydroxylation sites is 1. The third kappa shape index (κ3) is 5.05. The molecule has 138 valence electrons. The highest BCUT2D eigenvalue weighted by Crippen LogP contribution is 2.30. The highest BCUT2D eigenvalue weighted by molar-refractivity contribution is 6.45. The molecule has 10 heteroatoms. The zero-order chi connectivity index (χ0) is 20.0. The minimum Gasteiger partial charge on any atom is -0.382 e. The van der Waals surface area contributed by atoms with Gasteiger partial charge < -0.3 is 11.1 Å². The first-order chi connectivity index (χ1) is 12.7. The van der Waals surface area contributed by atoms with Gasteiger partial charge in [-0.3, -0.25) is 15.6 Å². The molecule has 27 heavy (non-hydrogen) atoms. The first kappa shape index (κ1) is 19.5. The van der Waals surface area contributed by atoms with E-state index in [1.165, 1.54) is 24.3 Å². The Hall–Kier alpha value is -3.87. The van der Waals surface area contributed by atoms with Crippen LogP contribution in [0.25, 0.3) is 0 Å². The van der Waals surface area contributed by atoms with Crippen molar-refractivity contribution in [2.45, 2.75) is 6.18 Å². The molecule has 2 rings (SSSR count). The summed E-state index contributed by atoms with van der Waals surface area (Å²) >= 11 is 0. The molecule has 0 bridgehead atoms. The van der Waals surface area contributed by atoms with E-state index in [0.29, 0.717) is 0 Å². The van der Waals surface area contributed by atoms with E-state index < -0.39 is 23.5 Å². The summed E-state index contributed by atoms with van der Waals surface area (Å²) in [4.78, 5) is 12.4. The topological polar surface area (TPSA) is 127 Å². The maximum absolute atomic E-state index is 12.8. The number of nitrogens with zero attached hydrogens (tertiary/aromatic N) is 2. The summed E-state index contributed by atoms with van der Waals surface area (Å²) in [5, 5.41) is 22.0. The summed E-state index contributed by atoms with van der Waals surface area (Å²) in [7, 11) is 0. The van der Waals surface area contributed by atoms with Crippen molar-refractivity contribution in [1.82, 2.24) is 0 Å². The lowest BCUT2D eigenvalue weighted by atomic mass is 10.1. The Morgan fingerprint density at radius 1 is 1.19 bits per heavy atom. The van der Waals surface area contributed by atoms with Crippen molar-refractivity contribution in [1.29, 1.82) is 10.7 Å². The predicted octanol–water partition coefficient (Wildman–Crippen LogP) is 3.19. The molecule has 0 spiro atoms. The number of hydrogen-bond donors (Lipinski definition) is 4. The summed E-state index contributed by atoms with van der Waals surface area (Å²) < 4.78 is 38.3. The monoisotopic (exact) mass is 374 g/mol. The third-order valence-corrected chi connectivity index (χ3v) is 3.27. The summed E-state index contributed by atoms with van der Waals surface area (Å²) in [5.74, 6) is -1.25. The molecule has 0 saturated heterocycles. The number of hydrazone groups is 1. The van der Waals surface area contributed by atoms with Gasteiger partial charge in [-0.2, -0.15) is 23.5 Å². The molecule has 0 aromatic heterocycles. The molecule has 5 N–H and O–H groups in total. The van der Waals surface area contributed by atoms with Crippen LogP contribution in [0.5, 0.6) is 0 Å². The molecule has 7 nitrogen and oxygen atoms in total. The smallest absolute Gasteiger partial charge is 0.382 e. The van der Waals surface area contributed by atoms with Crippen LogP contribution in [0.4, 0.5) is 24.5 Å². The highest BCUT2D eigenvalue weighted by atomic mass is 19.4. The first-order valence-electron chi connectivity index (χ1n) is 7.38. The Morgan fingerprint density at radius 2 is 1.89 bits per heavy atom. The molecule has 2 aromatic rings. The molecule has 0 heterocycles. The van der Waals surface area contributed by atoms with Crippen molar-refractivity contribution in [2.24, 2.45) is 10.8 Å². The third-order valence-electron chi connectivity index (χ3n) is 3.27. The number of nitrogens with two attached hydrogens (primary N) is 1. The SMILES string of the molecule is N#C/C(=N\Nc1ccccc1C(=O)Nc1cccc(C(F)(F)F)c1)C(=N)N. The molecule has 0 fully saturated rings. The van der Waals surface area contributed by atoms with E-state index in [-0.39, 0.29) is 22.6 Å². The average molecular weight is 374 g/mol. The van der Waals surface area contributed by atoms with Gasteiger partial charge in [0.25, 0.3) is 5.91 Å². The van der Waals surface area contributed by atoms with Crippen molar-refractivity contribution in [2.75, 3.05) is 10.7 Å². The summed E-state index contributed by atoms with van der Waals surface area (Å²) in [6.07, 6.45) is -4.53. The number of benzene rings is 2. The van der Waals surface area contributed by atoms with Crippen LogP contribution in [-0.4, -0.2) is 17.5 Å². The minimum atomic E-state index is -4.53. The molecule has 0 unspecified atom stereocenters. The van der Waals surface area contributed by atoms with Crippen molar-refractivity contribution in [3.63, 3.8) is 0 Å². The van der Waals surface area contributed by atoms with Gasteiger partial charge in [0, 0.05) is 5.69 Å². The molecule has 0 saturated carbocycles. The van der Waals surface area contributed by atoms with Gasteiger partial charge in [0.1, 0.15) is 6.07 Å². The van der Waals surface area contributed by atoms with Crippen LogP contribution < -0.4 is 16.5 Å². The van der Waals surface area contributed by atoms with E-state index in [4.69, 9.17) is 16.4 Å². The number of alkyl halides is 3. The van der Waals surface area contributed by atoms with Crippen LogP contribution in [0, 0.1) is 16.7 Å². The Morgan fingerprint density at radius 3 is 2.52 bits per heavy atom. The van der Waals surface area contributed by atoms with E-state index in [1.54, 1.807) is 18.2 Å². The van der Waals surface area contributed by atoms with E-state index in [1.807, 2.05) is 0 Å². The molecule has 2 aromatic carbocycles. The molecule has 0 aliphatic heterocycles. The Balaban J connectivity index is 2.26. The van der Waals surface area contributed by atoms with Gasteiger partial charge in [-0.1, -0.05) is 18.2 Å². The number of hydrogen-bond acceptors (Lipinski definition) is 5. The molecule has 0 radical (unpaired) electrons. The van der Waals surface area contributed by atoms with E-state index in [0.717, 1.165) is 12.1 Å². The van der Waals surface area contributed by atoms with Gasteiger partial charge in [-0.05, 0) is 30.3 Å². The molecule has 0 atom stereocenters. The zero-order valence-corrected chi connectivity index (χ0v) is 13.6. The van der Waals surface area contributed by atoms with Gasteiger partial charge in [-0.15, -0.1) is 0 Å². The van der Waals surface area contributed by atoms with Crippen LogP contribution in [0.2, 0.25) is 0 Å². The fourth-order valence-electron chi connectivity index (χ4n) is 2.01. The number of carbonyl (C=O) groups excluding carboxylic acids is 1. The zero-order valence-electron chi connectivity index (χ0n) is 13.6. The van der Waals surface area contributed by atoms with E-state index in [9.17, 15) is 18.0 Å². The Kier molecular flexibility index (Phi) is 5.77. The number of anilines is 2. The van der Waals surface area contributed by atoms with Crippen LogP contribution in [0.1, 0.15) is 15.9 Å². The predicted molar refractivity (Wildman–Crippen MR) is 94.4 cm³/mol. The van der Waals surface area contributed by atoms with E-state index >= 15 is 0 Å².